The van der Waals surface area contributed by atoms with Gasteiger partial charge in [-0.1, -0.05) is 11.3 Å². The second-order valence-corrected chi connectivity index (χ2v) is 4.75. The maximum Gasteiger partial charge on any atom is 0.195 e. The fraction of sp³-hybridized carbons (Fsp3) is 0.250. The normalized spacial score (nSPS) is 13.7. The summed E-state index contributed by atoms with van der Waals surface area (Å²) in [6, 6.07) is 5.69. The summed E-state index contributed by atoms with van der Waals surface area (Å²) < 4.78 is 11.0. The van der Waals surface area contributed by atoms with Crippen LogP contribution in [0.5, 0.6) is 16.6 Å². The third-order valence-corrected chi connectivity index (χ3v) is 3.57. The highest BCUT2D eigenvalue weighted by Crippen LogP contribution is 2.38. The van der Waals surface area contributed by atoms with E-state index in [1.807, 2.05) is 18.2 Å². The molecular weight excluding hydrogens is 238 g/mol. The van der Waals surface area contributed by atoms with Crippen molar-refractivity contribution in [3.8, 4) is 27.1 Å². The van der Waals surface area contributed by atoms with Gasteiger partial charge in [0.05, 0.1) is 5.69 Å². The van der Waals surface area contributed by atoms with Crippen LogP contribution in [0.1, 0.15) is 5.69 Å². The first-order valence-corrected chi connectivity index (χ1v) is 6.12. The molecule has 2 aromatic rings. The van der Waals surface area contributed by atoms with E-state index in [1.54, 1.807) is 6.92 Å². The first-order chi connectivity index (χ1) is 8.24. The molecule has 1 N–H and O–H groups in total. The van der Waals surface area contributed by atoms with Gasteiger partial charge in [-0.15, -0.1) is 0 Å². The van der Waals surface area contributed by atoms with Crippen LogP contribution in [0.15, 0.2) is 18.2 Å². The first-order valence-electron chi connectivity index (χ1n) is 5.30. The van der Waals surface area contributed by atoms with E-state index >= 15 is 0 Å². The Balaban J connectivity index is 2.03. The van der Waals surface area contributed by atoms with Crippen molar-refractivity contribution >= 4 is 11.3 Å². The Hall–Kier alpha value is -1.75. The summed E-state index contributed by atoms with van der Waals surface area (Å²) in [5.41, 5.74) is 1.59. The predicted molar refractivity (Wildman–Crippen MR) is 64.9 cm³/mol. The van der Waals surface area contributed by atoms with Crippen molar-refractivity contribution in [1.29, 1.82) is 0 Å². The topological polar surface area (TPSA) is 51.6 Å². The lowest BCUT2D eigenvalue weighted by Gasteiger charge is -2.18. The van der Waals surface area contributed by atoms with Gasteiger partial charge >= 0.3 is 0 Å². The molecule has 0 radical (unpaired) electrons. The molecule has 0 bridgehead atoms. The molecule has 2 heterocycles. The van der Waals surface area contributed by atoms with Crippen molar-refractivity contribution in [2.24, 2.45) is 0 Å². The summed E-state index contributed by atoms with van der Waals surface area (Å²) in [5.74, 6) is 1.50. The van der Waals surface area contributed by atoms with Gasteiger partial charge in [-0.25, -0.2) is 4.98 Å². The minimum Gasteiger partial charge on any atom is -0.498 e. The molecule has 0 saturated heterocycles. The van der Waals surface area contributed by atoms with Gasteiger partial charge in [0.1, 0.15) is 18.2 Å². The number of thiazole rings is 1. The van der Waals surface area contributed by atoms with E-state index in [9.17, 15) is 5.11 Å². The van der Waals surface area contributed by atoms with Crippen molar-refractivity contribution in [3.63, 3.8) is 0 Å². The minimum absolute atomic E-state index is 0.259. The zero-order valence-corrected chi connectivity index (χ0v) is 10.1. The summed E-state index contributed by atoms with van der Waals surface area (Å²) >= 11 is 1.27. The molecule has 0 spiro atoms. The molecule has 17 heavy (non-hydrogen) atoms. The Morgan fingerprint density at radius 3 is 2.71 bits per heavy atom. The number of aromatic hydroxyl groups is 1. The fourth-order valence-corrected chi connectivity index (χ4v) is 2.49. The zero-order chi connectivity index (χ0) is 11.8. The van der Waals surface area contributed by atoms with Gasteiger partial charge < -0.3 is 14.6 Å². The summed E-state index contributed by atoms with van der Waals surface area (Å²) in [7, 11) is 0. The average molecular weight is 249 g/mol. The fourth-order valence-electron chi connectivity index (χ4n) is 1.69. The lowest BCUT2D eigenvalue weighted by Crippen LogP contribution is -2.15. The zero-order valence-electron chi connectivity index (χ0n) is 9.27. The lowest BCUT2D eigenvalue weighted by atomic mass is 10.2. The number of hydrogen-bond donors (Lipinski definition) is 1. The van der Waals surface area contributed by atoms with Crippen molar-refractivity contribution in [2.75, 3.05) is 13.2 Å². The highest BCUT2D eigenvalue weighted by molar-refractivity contribution is 7.16. The maximum absolute atomic E-state index is 9.54. The standard InChI is InChI=1S/C12H11NO3S/c1-7-12(14)17-11(13-7)8-2-3-9-10(6-8)16-5-4-15-9/h2-3,6,14H,4-5H2,1H3. The third-order valence-electron chi connectivity index (χ3n) is 2.56. The van der Waals surface area contributed by atoms with E-state index in [4.69, 9.17) is 9.47 Å². The van der Waals surface area contributed by atoms with Crippen LogP contribution in [0.3, 0.4) is 0 Å². The van der Waals surface area contributed by atoms with Gasteiger partial charge in [-0.05, 0) is 25.1 Å². The largest absolute Gasteiger partial charge is 0.498 e. The van der Waals surface area contributed by atoms with Crippen LogP contribution < -0.4 is 9.47 Å². The van der Waals surface area contributed by atoms with E-state index in [-0.39, 0.29) is 5.06 Å². The van der Waals surface area contributed by atoms with Gasteiger partial charge in [-0.2, -0.15) is 0 Å². The number of ether oxygens (including phenoxy) is 2. The minimum atomic E-state index is 0.259. The SMILES string of the molecule is Cc1nc(-c2ccc3c(c2)OCCO3)sc1O. The maximum atomic E-state index is 9.54. The van der Waals surface area contributed by atoms with E-state index in [1.165, 1.54) is 11.3 Å². The molecule has 5 heteroatoms. The van der Waals surface area contributed by atoms with E-state index in [0.29, 0.717) is 18.9 Å². The Bertz CT molecular complexity index is 545. The molecule has 0 amide bonds. The van der Waals surface area contributed by atoms with E-state index in [2.05, 4.69) is 4.98 Å². The van der Waals surface area contributed by atoms with Crippen molar-refractivity contribution in [3.05, 3.63) is 23.9 Å². The van der Waals surface area contributed by atoms with Crippen molar-refractivity contribution in [1.82, 2.24) is 4.98 Å². The van der Waals surface area contributed by atoms with Crippen LogP contribution in [0, 0.1) is 6.92 Å². The molecule has 0 fully saturated rings. The van der Waals surface area contributed by atoms with Crippen LogP contribution in [0.2, 0.25) is 0 Å². The molecule has 0 saturated carbocycles. The Morgan fingerprint density at radius 1 is 1.24 bits per heavy atom. The smallest absolute Gasteiger partial charge is 0.195 e. The number of benzene rings is 1. The Morgan fingerprint density at radius 2 is 2.00 bits per heavy atom. The summed E-state index contributed by atoms with van der Waals surface area (Å²) in [6.45, 7) is 2.94. The van der Waals surface area contributed by atoms with Crippen molar-refractivity contribution in [2.45, 2.75) is 6.92 Å². The van der Waals surface area contributed by atoms with Gasteiger partial charge in [0.15, 0.2) is 16.6 Å². The Kier molecular flexibility index (Phi) is 2.40. The second-order valence-electron chi connectivity index (χ2n) is 3.77. The first kappa shape index (κ1) is 10.4. The third kappa shape index (κ3) is 1.82. The van der Waals surface area contributed by atoms with Gasteiger partial charge in [0.2, 0.25) is 0 Å². The van der Waals surface area contributed by atoms with Crippen LogP contribution in [-0.2, 0) is 0 Å². The summed E-state index contributed by atoms with van der Waals surface area (Å²) in [6.07, 6.45) is 0. The highest BCUT2D eigenvalue weighted by Gasteiger charge is 2.14. The predicted octanol–water partition coefficient (Wildman–Crippen LogP) is 2.60. The number of rotatable bonds is 1. The molecule has 1 aliphatic heterocycles. The molecule has 88 valence electrons. The number of hydrogen-bond acceptors (Lipinski definition) is 5. The van der Waals surface area contributed by atoms with E-state index < -0.39 is 0 Å². The summed E-state index contributed by atoms with van der Waals surface area (Å²) in [4.78, 5) is 4.30. The quantitative estimate of drug-likeness (QED) is 0.844. The van der Waals surface area contributed by atoms with Crippen molar-refractivity contribution < 1.29 is 14.6 Å². The molecule has 3 rings (SSSR count). The molecule has 4 nitrogen and oxygen atoms in total. The number of aromatic nitrogens is 1. The number of aryl methyl sites for hydroxylation is 1. The highest BCUT2D eigenvalue weighted by atomic mass is 32.1. The number of fused-ring (bicyclic) bond motifs is 1. The molecule has 1 aromatic heterocycles. The average Bonchev–Trinajstić information content (AvgIpc) is 2.69. The van der Waals surface area contributed by atoms with E-state index in [0.717, 1.165) is 22.1 Å². The van der Waals surface area contributed by atoms with Crippen LogP contribution in [0.4, 0.5) is 0 Å². The second kappa shape index (κ2) is 3.92. The van der Waals surface area contributed by atoms with Crippen LogP contribution in [-0.4, -0.2) is 23.3 Å². The van der Waals surface area contributed by atoms with Gasteiger partial charge in [-0.3, -0.25) is 0 Å². The molecule has 1 aromatic carbocycles. The molecular formula is C12H11NO3S. The van der Waals surface area contributed by atoms with Crippen LogP contribution >= 0.6 is 11.3 Å². The Labute approximate surface area is 102 Å². The summed E-state index contributed by atoms with van der Waals surface area (Å²) in [5, 5.41) is 10.6. The molecule has 0 aliphatic carbocycles. The number of nitrogens with zero attached hydrogens (tertiary/aromatic N) is 1. The molecule has 1 aliphatic rings. The van der Waals surface area contributed by atoms with Gasteiger partial charge in [0.25, 0.3) is 0 Å². The molecule has 0 atom stereocenters. The molecule has 0 unspecified atom stereocenters. The van der Waals surface area contributed by atoms with Gasteiger partial charge in [0, 0.05) is 5.56 Å². The van der Waals surface area contributed by atoms with Crippen LogP contribution in [0.25, 0.3) is 10.6 Å². The lowest BCUT2D eigenvalue weighted by molar-refractivity contribution is 0.171. The monoisotopic (exact) mass is 249 g/mol.